The lowest BCUT2D eigenvalue weighted by Crippen LogP contribution is -2.16. The molecule has 3 N–H and O–H groups in total. The highest BCUT2D eigenvalue weighted by molar-refractivity contribution is 6.32. The maximum atomic E-state index is 12.0. The Labute approximate surface area is 158 Å². The fourth-order valence-electron chi connectivity index (χ4n) is 2.33. The van der Waals surface area contributed by atoms with Gasteiger partial charge >= 0.3 is 5.97 Å². The summed E-state index contributed by atoms with van der Waals surface area (Å²) in [5, 5.41) is 18.8. The minimum Gasteiger partial charge on any atom is -0.493 e. The maximum absolute atomic E-state index is 12.0. The Kier molecular flexibility index (Phi) is 5.91. The molecule has 2 aromatic rings. The average molecular weight is 389 g/mol. The van der Waals surface area contributed by atoms with E-state index in [4.69, 9.17) is 26.8 Å². The number of anilines is 1. The van der Waals surface area contributed by atoms with E-state index in [0.29, 0.717) is 0 Å². The Balaban J connectivity index is 2.71. The molecule has 0 saturated carbocycles. The number of carbonyl (C=O) groups excluding carboxylic acids is 1. The minimum absolute atomic E-state index is 0.0148. The zero-order valence-corrected chi connectivity index (χ0v) is 15.0. The van der Waals surface area contributed by atoms with Crippen molar-refractivity contribution in [3.8, 4) is 34.8 Å². The smallest absolute Gasteiger partial charge is 0.343 e. The first-order valence-electron chi connectivity index (χ1n) is 7.31. The average Bonchev–Trinajstić information content (AvgIpc) is 2.65. The van der Waals surface area contributed by atoms with Gasteiger partial charge in [0.2, 0.25) is 0 Å². The van der Waals surface area contributed by atoms with Gasteiger partial charge in [0.15, 0.2) is 18.1 Å². The quantitative estimate of drug-likeness (QED) is 0.732. The zero-order chi connectivity index (χ0) is 20.1. The highest BCUT2D eigenvalue weighted by Crippen LogP contribution is 2.41. The van der Waals surface area contributed by atoms with Crippen molar-refractivity contribution < 1.29 is 19.0 Å². The number of rotatable bonds is 5. The van der Waals surface area contributed by atoms with Crippen LogP contribution in [0, 0.1) is 22.7 Å². The molecule has 27 heavy (non-hydrogen) atoms. The van der Waals surface area contributed by atoms with Crippen LogP contribution in [-0.4, -0.2) is 31.8 Å². The van der Waals surface area contributed by atoms with Gasteiger partial charge in [-0.05, 0) is 17.7 Å². The second-order valence-electron chi connectivity index (χ2n) is 5.07. The standard InChI is InChI=1S/C17H13ClN4O5/c1-25-12-4-8(3-11(18)15(12)27-7-13(23)26-2)14-9(5-19)16(21)22-17(24)10(14)6-20/h3-4H,7H2,1-2H3,(H3,21,22,24). The second-order valence-corrected chi connectivity index (χ2v) is 5.48. The van der Waals surface area contributed by atoms with Crippen molar-refractivity contribution in [1.82, 2.24) is 4.98 Å². The largest absolute Gasteiger partial charge is 0.493 e. The maximum Gasteiger partial charge on any atom is 0.343 e. The number of carbonyl (C=O) groups is 1. The van der Waals surface area contributed by atoms with Crippen LogP contribution in [0.5, 0.6) is 11.5 Å². The number of benzene rings is 1. The lowest BCUT2D eigenvalue weighted by Gasteiger charge is -2.15. The molecular weight excluding hydrogens is 376 g/mol. The van der Waals surface area contributed by atoms with Crippen molar-refractivity contribution in [2.24, 2.45) is 0 Å². The van der Waals surface area contributed by atoms with Gasteiger partial charge in [0.1, 0.15) is 29.1 Å². The van der Waals surface area contributed by atoms with E-state index in [9.17, 15) is 20.1 Å². The van der Waals surface area contributed by atoms with Crippen molar-refractivity contribution in [2.75, 3.05) is 26.6 Å². The summed E-state index contributed by atoms with van der Waals surface area (Å²) in [4.78, 5) is 25.6. The number of nitrogens with one attached hydrogen (secondary N) is 1. The van der Waals surface area contributed by atoms with Gasteiger partial charge < -0.3 is 24.9 Å². The molecule has 0 saturated heterocycles. The Hall–Kier alpha value is -3.69. The number of hydrogen-bond acceptors (Lipinski definition) is 8. The molecule has 2 rings (SSSR count). The molecule has 0 aliphatic rings. The lowest BCUT2D eigenvalue weighted by atomic mass is 9.96. The summed E-state index contributed by atoms with van der Waals surface area (Å²) < 4.78 is 15.0. The summed E-state index contributed by atoms with van der Waals surface area (Å²) in [6, 6.07) is 6.40. The molecule has 0 aliphatic carbocycles. The van der Waals surface area contributed by atoms with Crippen LogP contribution in [0.3, 0.4) is 0 Å². The highest BCUT2D eigenvalue weighted by atomic mass is 35.5. The molecule has 0 bridgehead atoms. The van der Waals surface area contributed by atoms with Gasteiger partial charge in [0.05, 0.1) is 19.2 Å². The van der Waals surface area contributed by atoms with Gasteiger partial charge in [-0.15, -0.1) is 0 Å². The van der Waals surface area contributed by atoms with Gasteiger partial charge in [0, 0.05) is 5.56 Å². The molecule has 0 radical (unpaired) electrons. The van der Waals surface area contributed by atoms with Crippen LogP contribution in [-0.2, 0) is 9.53 Å². The zero-order valence-electron chi connectivity index (χ0n) is 14.3. The molecule has 138 valence electrons. The van der Waals surface area contributed by atoms with Gasteiger partial charge in [-0.1, -0.05) is 11.6 Å². The number of nitriles is 2. The Morgan fingerprint density at radius 2 is 1.93 bits per heavy atom. The number of ether oxygens (including phenoxy) is 3. The molecule has 0 unspecified atom stereocenters. The summed E-state index contributed by atoms with van der Waals surface area (Å²) >= 11 is 6.22. The second kappa shape index (κ2) is 8.13. The van der Waals surface area contributed by atoms with Crippen molar-refractivity contribution in [3.05, 3.63) is 38.6 Å². The molecular formula is C17H13ClN4O5. The van der Waals surface area contributed by atoms with E-state index >= 15 is 0 Å². The Bertz CT molecular complexity index is 1050. The van der Waals surface area contributed by atoms with Crippen LogP contribution in [0.1, 0.15) is 11.1 Å². The van der Waals surface area contributed by atoms with Crippen LogP contribution < -0.4 is 20.8 Å². The highest BCUT2D eigenvalue weighted by Gasteiger charge is 2.22. The number of methoxy groups -OCH3 is 2. The van der Waals surface area contributed by atoms with Crippen molar-refractivity contribution in [2.45, 2.75) is 0 Å². The van der Waals surface area contributed by atoms with Gasteiger partial charge in [0.25, 0.3) is 5.56 Å². The summed E-state index contributed by atoms with van der Waals surface area (Å²) in [6.07, 6.45) is 0. The SMILES string of the molecule is COC(=O)COc1c(Cl)cc(-c2c(C#N)c(N)[nH]c(=O)c2C#N)cc1OC. The van der Waals surface area contributed by atoms with Crippen LogP contribution >= 0.6 is 11.6 Å². The van der Waals surface area contributed by atoms with Crippen molar-refractivity contribution >= 4 is 23.4 Å². The van der Waals surface area contributed by atoms with E-state index in [-0.39, 0.29) is 44.6 Å². The van der Waals surface area contributed by atoms with E-state index in [2.05, 4.69) is 9.72 Å². The number of halogens is 1. The van der Waals surface area contributed by atoms with Crippen LogP contribution in [0.4, 0.5) is 5.82 Å². The molecule has 0 spiro atoms. The first-order chi connectivity index (χ1) is 12.9. The number of nitrogens with two attached hydrogens (primary N) is 1. The normalized spacial score (nSPS) is 9.81. The third-order valence-electron chi connectivity index (χ3n) is 3.55. The molecule has 1 aromatic carbocycles. The molecule has 0 fully saturated rings. The number of nitrogen functional groups attached to an aromatic ring is 1. The van der Waals surface area contributed by atoms with E-state index < -0.39 is 18.1 Å². The summed E-state index contributed by atoms with van der Waals surface area (Å²) in [5.74, 6) is -0.633. The summed E-state index contributed by atoms with van der Waals surface area (Å²) in [5.41, 5.74) is 4.82. The van der Waals surface area contributed by atoms with E-state index in [1.807, 2.05) is 6.07 Å². The number of hydrogen-bond donors (Lipinski definition) is 2. The molecule has 10 heteroatoms. The van der Waals surface area contributed by atoms with Crippen LogP contribution in [0.2, 0.25) is 5.02 Å². The van der Waals surface area contributed by atoms with Crippen LogP contribution in [0.15, 0.2) is 16.9 Å². The number of aromatic amines is 1. The number of pyridine rings is 1. The molecule has 9 nitrogen and oxygen atoms in total. The Morgan fingerprint density at radius 1 is 1.26 bits per heavy atom. The third kappa shape index (κ3) is 3.78. The molecule has 0 atom stereocenters. The Morgan fingerprint density at radius 3 is 2.48 bits per heavy atom. The summed E-state index contributed by atoms with van der Waals surface area (Å²) in [6.45, 7) is -0.406. The predicted molar refractivity (Wildman–Crippen MR) is 95.4 cm³/mol. The first-order valence-corrected chi connectivity index (χ1v) is 7.69. The lowest BCUT2D eigenvalue weighted by molar-refractivity contribution is -0.142. The molecule has 0 aliphatic heterocycles. The fraction of sp³-hybridized carbons (Fsp3) is 0.176. The monoisotopic (exact) mass is 388 g/mol. The van der Waals surface area contributed by atoms with Gasteiger partial charge in [-0.25, -0.2) is 4.79 Å². The number of aromatic nitrogens is 1. The van der Waals surface area contributed by atoms with Gasteiger partial charge in [-0.3, -0.25) is 4.79 Å². The van der Waals surface area contributed by atoms with E-state index in [1.165, 1.54) is 26.4 Å². The summed E-state index contributed by atoms with van der Waals surface area (Å²) in [7, 11) is 2.54. The molecule has 1 aromatic heterocycles. The number of nitrogens with zero attached hydrogens (tertiary/aromatic N) is 2. The molecule has 1 heterocycles. The first kappa shape index (κ1) is 19.6. The van der Waals surface area contributed by atoms with Crippen molar-refractivity contribution in [3.63, 3.8) is 0 Å². The third-order valence-corrected chi connectivity index (χ3v) is 3.83. The predicted octanol–water partition coefficient (Wildman–Crippen LogP) is 1.58. The van der Waals surface area contributed by atoms with E-state index in [1.54, 1.807) is 6.07 Å². The van der Waals surface area contributed by atoms with Gasteiger partial charge in [-0.2, -0.15) is 10.5 Å². The van der Waals surface area contributed by atoms with Crippen molar-refractivity contribution in [1.29, 1.82) is 10.5 Å². The number of esters is 1. The van der Waals surface area contributed by atoms with E-state index in [0.717, 1.165) is 0 Å². The topological polar surface area (TPSA) is 151 Å². The van der Waals surface area contributed by atoms with Crippen LogP contribution in [0.25, 0.3) is 11.1 Å². The molecule has 0 amide bonds. The minimum atomic E-state index is -0.745. The number of H-pyrrole nitrogens is 1. The fourth-order valence-corrected chi connectivity index (χ4v) is 2.59.